The van der Waals surface area contributed by atoms with E-state index in [1.54, 1.807) is 24.3 Å². The third-order valence-corrected chi connectivity index (χ3v) is 3.78. The summed E-state index contributed by atoms with van der Waals surface area (Å²) in [5, 5.41) is 2.66. The van der Waals surface area contributed by atoms with Crippen molar-refractivity contribution in [3.05, 3.63) is 76.1 Å². The lowest BCUT2D eigenvalue weighted by Crippen LogP contribution is -2.22. The molecule has 0 aliphatic rings. The molecule has 0 atom stereocenters. The Labute approximate surface area is 155 Å². The summed E-state index contributed by atoms with van der Waals surface area (Å²) in [6, 6.07) is 11.7. The number of amides is 1. The zero-order valence-corrected chi connectivity index (χ0v) is 14.2. The molecule has 0 radical (unpaired) electrons. The highest BCUT2D eigenvalue weighted by molar-refractivity contribution is 6.04. The number of fused-ring (bicyclic) bond motifs is 1. The van der Waals surface area contributed by atoms with Crippen molar-refractivity contribution in [3.8, 4) is 0 Å². The van der Waals surface area contributed by atoms with Crippen molar-refractivity contribution in [2.75, 3.05) is 11.9 Å². The average Bonchev–Trinajstić information content (AvgIpc) is 2.65. The van der Waals surface area contributed by atoms with Gasteiger partial charge in [0.15, 0.2) is 6.61 Å². The number of aromatic nitrogens is 1. The summed E-state index contributed by atoms with van der Waals surface area (Å²) in [5.41, 5.74) is -1.12. The second-order valence-corrected chi connectivity index (χ2v) is 5.80. The van der Waals surface area contributed by atoms with Crippen LogP contribution in [-0.2, 0) is 15.7 Å². The third-order valence-electron chi connectivity index (χ3n) is 3.78. The van der Waals surface area contributed by atoms with Crippen LogP contribution in [0.15, 0.2) is 59.4 Å². The number of esters is 1. The molecule has 0 fully saturated rings. The maximum Gasteiger partial charge on any atom is 0.416 e. The summed E-state index contributed by atoms with van der Waals surface area (Å²) in [6.45, 7) is -0.726. The minimum absolute atomic E-state index is 0.0220. The smallest absolute Gasteiger partial charge is 0.416 e. The van der Waals surface area contributed by atoms with Crippen LogP contribution in [0.1, 0.15) is 15.9 Å². The first-order valence-electron chi connectivity index (χ1n) is 8.00. The second kappa shape index (κ2) is 7.55. The Kier molecular flexibility index (Phi) is 5.16. The van der Waals surface area contributed by atoms with E-state index in [-0.39, 0.29) is 11.3 Å². The Hall–Kier alpha value is -3.62. The molecule has 1 aromatic heterocycles. The lowest BCUT2D eigenvalue weighted by Gasteiger charge is -2.10. The van der Waals surface area contributed by atoms with Crippen LogP contribution in [0.2, 0.25) is 0 Å². The van der Waals surface area contributed by atoms with Crippen molar-refractivity contribution >= 4 is 28.5 Å². The minimum atomic E-state index is -4.55. The van der Waals surface area contributed by atoms with Gasteiger partial charge in [0.25, 0.3) is 5.91 Å². The Morgan fingerprint density at radius 2 is 1.79 bits per heavy atom. The van der Waals surface area contributed by atoms with Crippen molar-refractivity contribution < 1.29 is 27.5 Å². The van der Waals surface area contributed by atoms with Crippen molar-refractivity contribution in [2.45, 2.75) is 6.18 Å². The topological polar surface area (TPSA) is 88.3 Å². The van der Waals surface area contributed by atoms with Gasteiger partial charge in [0.05, 0.1) is 11.1 Å². The number of hydrogen-bond donors (Lipinski definition) is 2. The predicted octanol–water partition coefficient (Wildman–Crippen LogP) is 3.34. The highest BCUT2D eigenvalue weighted by Crippen LogP contribution is 2.30. The molecule has 9 heteroatoms. The van der Waals surface area contributed by atoms with E-state index in [2.05, 4.69) is 10.3 Å². The molecular formula is C19H13F3N2O4. The van der Waals surface area contributed by atoms with Crippen molar-refractivity contribution in [1.82, 2.24) is 4.98 Å². The largest absolute Gasteiger partial charge is 0.452 e. The third kappa shape index (κ3) is 4.37. The molecule has 0 saturated carbocycles. The van der Waals surface area contributed by atoms with Gasteiger partial charge < -0.3 is 15.0 Å². The number of benzene rings is 2. The number of H-pyrrole nitrogens is 1. The zero-order chi connectivity index (χ0) is 20.3. The number of anilines is 1. The number of halogens is 3. The fraction of sp³-hybridized carbons (Fsp3) is 0.105. The summed E-state index contributed by atoms with van der Waals surface area (Å²) in [5.74, 6) is -1.72. The molecule has 6 nitrogen and oxygen atoms in total. The standard InChI is InChI=1S/C19H13F3N2O4/c20-19(21,22)11-4-3-5-12(8-11)23-17(26)10-28-18(27)14-9-16(25)24-15-7-2-1-6-13(14)15/h1-9H,10H2,(H,23,26)(H,24,25). The SMILES string of the molecule is O=C(COC(=O)c1cc(=O)[nH]c2ccccc12)Nc1cccc(C(F)(F)F)c1. The first-order chi connectivity index (χ1) is 13.2. The number of carbonyl (C=O) groups excluding carboxylic acids is 2. The maximum absolute atomic E-state index is 12.7. The molecule has 144 valence electrons. The van der Waals surface area contributed by atoms with E-state index in [1.165, 1.54) is 6.07 Å². The highest BCUT2D eigenvalue weighted by atomic mass is 19.4. The lowest BCUT2D eigenvalue weighted by atomic mass is 10.1. The van der Waals surface area contributed by atoms with Crippen LogP contribution >= 0.6 is 0 Å². The molecule has 0 spiro atoms. The number of rotatable bonds is 4. The van der Waals surface area contributed by atoms with Crippen LogP contribution in [0.25, 0.3) is 10.9 Å². The molecule has 0 aliphatic heterocycles. The lowest BCUT2D eigenvalue weighted by molar-refractivity contribution is -0.137. The van der Waals surface area contributed by atoms with E-state index in [9.17, 15) is 27.6 Å². The van der Waals surface area contributed by atoms with Gasteiger partial charge in [0.2, 0.25) is 5.56 Å². The molecular weight excluding hydrogens is 377 g/mol. The minimum Gasteiger partial charge on any atom is -0.452 e. The summed E-state index contributed by atoms with van der Waals surface area (Å²) < 4.78 is 43.0. The number of carbonyl (C=O) groups is 2. The van der Waals surface area contributed by atoms with E-state index >= 15 is 0 Å². The van der Waals surface area contributed by atoms with Crippen molar-refractivity contribution in [1.29, 1.82) is 0 Å². The van der Waals surface area contributed by atoms with Crippen LogP contribution in [0.3, 0.4) is 0 Å². The molecule has 2 N–H and O–H groups in total. The quantitative estimate of drug-likeness (QED) is 0.669. The Morgan fingerprint density at radius 1 is 1.04 bits per heavy atom. The monoisotopic (exact) mass is 390 g/mol. The molecule has 28 heavy (non-hydrogen) atoms. The number of alkyl halides is 3. The van der Waals surface area contributed by atoms with Gasteiger partial charge in [-0.15, -0.1) is 0 Å². The molecule has 0 aliphatic carbocycles. The molecule has 3 aromatic rings. The predicted molar refractivity (Wildman–Crippen MR) is 94.9 cm³/mol. The van der Waals surface area contributed by atoms with Gasteiger partial charge >= 0.3 is 12.1 Å². The molecule has 1 amide bonds. The first kappa shape index (κ1) is 19.2. The molecule has 3 rings (SSSR count). The van der Waals surface area contributed by atoms with Gasteiger partial charge in [0, 0.05) is 22.7 Å². The number of para-hydroxylation sites is 1. The molecule has 0 bridgehead atoms. The van der Waals surface area contributed by atoms with Crippen LogP contribution in [0, 0.1) is 0 Å². The van der Waals surface area contributed by atoms with E-state index in [4.69, 9.17) is 4.74 Å². The van der Waals surface area contributed by atoms with Crippen molar-refractivity contribution in [3.63, 3.8) is 0 Å². The van der Waals surface area contributed by atoms with E-state index in [0.29, 0.717) is 10.9 Å². The summed E-state index contributed by atoms with van der Waals surface area (Å²) in [4.78, 5) is 38.4. The zero-order valence-electron chi connectivity index (χ0n) is 14.2. The summed E-state index contributed by atoms with van der Waals surface area (Å²) in [6.07, 6.45) is -4.55. The Bertz CT molecular complexity index is 1110. The molecule has 1 heterocycles. The van der Waals surface area contributed by atoms with E-state index in [1.807, 2.05) is 0 Å². The van der Waals surface area contributed by atoms with Crippen LogP contribution in [-0.4, -0.2) is 23.5 Å². The number of aromatic amines is 1. The number of hydrogen-bond acceptors (Lipinski definition) is 4. The van der Waals surface area contributed by atoms with Crippen LogP contribution in [0.5, 0.6) is 0 Å². The summed E-state index contributed by atoms with van der Waals surface area (Å²) in [7, 11) is 0. The van der Waals surface area contributed by atoms with Gasteiger partial charge in [-0.25, -0.2) is 4.79 Å². The molecule has 0 unspecified atom stereocenters. The van der Waals surface area contributed by atoms with Crippen LogP contribution in [0.4, 0.5) is 18.9 Å². The van der Waals surface area contributed by atoms with Gasteiger partial charge in [-0.1, -0.05) is 24.3 Å². The molecule has 0 saturated heterocycles. The average molecular weight is 390 g/mol. The fourth-order valence-electron chi connectivity index (χ4n) is 2.55. The molecule has 2 aromatic carbocycles. The van der Waals surface area contributed by atoms with Gasteiger partial charge in [-0.2, -0.15) is 13.2 Å². The van der Waals surface area contributed by atoms with Gasteiger partial charge in [-0.3, -0.25) is 9.59 Å². The van der Waals surface area contributed by atoms with Crippen LogP contribution < -0.4 is 10.9 Å². The van der Waals surface area contributed by atoms with Gasteiger partial charge in [0.1, 0.15) is 0 Å². The van der Waals surface area contributed by atoms with E-state index < -0.39 is 35.8 Å². The maximum atomic E-state index is 12.7. The van der Waals surface area contributed by atoms with E-state index in [0.717, 1.165) is 24.3 Å². The first-order valence-corrected chi connectivity index (χ1v) is 8.00. The Balaban J connectivity index is 1.69. The number of nitrogens with one attached hydrogen (secondary N) is 2. The van der Waals surface area contributed by atoms with Crippen molar-refractivity contribution in [2.24, 2.45) is 0 Å². The summed E-state index contributed by atoms with van der Waals surface area (Å²) >= 11 is 0. The normalized spacial score (nSPS) is 11.2. The second-order valence-electron chi connectivity index (χ2n) is 5.80. The highest BCUT2D eigenvalue weighted by Gasteiger charge is 2.30. The Morgan fingerprint density at radius 3 is 2.54 bits per heavy atom. The number of pyridine rings is 1. The van der Waals surface area contributed by atoms with Gasteiger partial charge in [-0.05, 0) is 24.3 Å². The number of ether oxygens (including phenoxy) is 1. The fourth-order valence-corrected chi connectivity index (χ4v) is 2.55.